The first-order valence-corrected chi connectivity index (χ1v) is 6.99. The maximum Gasteiger partial charge on any atom is 0.320 e. The second kappa shape index (κ2) is 7.44. The van der Waals surface area contributed by atoms with Gasteiger partial charge in [0.1, 0.15) is 0 Å². The number of amides is 2. The fourth-order valence-electron chi connectivity index (χ4n) is 2.59. The van der Waals surface area contributed by atoms with Crippen molar-refractivity contribution < 1.29 is 24.9 Å². The maximum absolute atomic E-state index is 12.2. The van der Waals surface area contributed by atoms with E-state index in [4.69, 9.17) is 10.2 Å². The summed E-state index contributed by atoms with van der Waals surface area (Å²) < 4.78 is 0. The summed E-state index contributed by atoms with van der Waals surface area (Å²) in [5.41, 5.74) is -0.727. The van der Waals surface area contributed by atoms with Crippen LogP contribution < -0.4 is 0 Å². The van der Waals surface area contributed by atoms with Gasteiger partial charge >= 0.3 is 12.0 Å². The van der Waals surface area contributed by atoms with E-state index in [1.165, 1.54) is 4.90 Å². The van der Waals surface area contributed by atoms with Crippen molar-refractivity contribution in [1.82, 2.24) is 9.80 Å². The Labute approximate surface area is 118 Å². The van der Waals surface area contributed by atoms with Gasteiger partial charge in [0.15, 0.2) is 0 Å². The fraction of sp³-hybridized carbons (Fsp3) is 0.846. The van der Waals surface area contributed by atoms with E-state index >= 15 is 0 Å². The second-order valence-corrected chi connectivity index (χ2v) is 5.14. The molecule has 0 bridgehead atoms. The minimum atomic E-state index is -0.797. The van der Waals surface area contributed by atoms with E-state index in [9.17, 15) is 14.7 Å². The van der Waals surface area contributed by atoms with Gasteiger partial charge < -0.3 is 25.1 Å². The molecule has 1 heterocycles. The topological polar surface area (TPSA) is 101 Å². The van der Waals surface area contributed by atoms with E-state index in [0.29, 0.717) is 32.4 Å². The van der Waals surface area contributed by atoms with Crippen molar-refractivity contribution in [2.24, 2.45) is 5.41 Å². The number of aliphatic hydroxyl groups excluding tert-OH is 2. The highest BCUT2D eigenvalue weighted by molar-refractivity contribution is 5.77. The molecule has 1 aliphatic rings. The number of nitrogens with zero attached hydrogens (tertiary/aromatic N) is 2. The molecular formula is C13H24N2O5. The molecule has 7 nitrogen and oxygen atoms in total. The van der Waals surface area contributed by atoms with Crippen LogP contribution in [-0.4, -0.2) is 76.5 Å². The van der Waals surface area contributed by atoms with Crippen molar-refractivity contribution in [3.8, 4) is 0 Å². The van der Waals surface area contributed by atoms with Crippen molar-refractivity contribution in [3.63, 3.8) is 0 Å². The van der Waals surface area contributed by atoms with Crippen LogP contribution in [0.15, 0.2) is 0 Å². The lowest BCUT2D eigenvalue weighted by Crippen LogP contribution is -2.51. The maximum atomic E-state index is 12.2. The molecule has 0 unspecified atom stereocenters. The summed E-state index contributed by atoms with van der Waals surface area (Å²) in [6, 6.07) is -0.247. The smallest absolute Gasteiger partial charge is 0.320 e. The van der Waals surface area contributed by atoms with Gasteiger partial charge in [-0.05, 0) is 19.3 Å². The lowest BCUT2D eigenvalue weighted by molar-refractivity contribution is -0.152. The molecular weight excluding hydrogens is 264 g/mol. The molecule has 0 radical (unpaired) electrons. The summed E-state index contributed by atoms with van der Waals surface area (Å²) in [5, 5.41) is 27.2. The quantitative estimate of drug-likeness (QED) is 0.637. The number of carbonyl (C=O) groups is 2. The molecule has 2 amide bonds. The van der Waals surface area contributed by atoms with Gasteiger partial charge in [-0.2, -0.15) is 0 Å². The average molecular weight is 288 g/mol. The van der Waals surface area contributed by atoms with Gasteiger partial charge in [-0.1, -0.05) is 6.92 Å². The first kappa shape index (κ1) is 16.7. The summed E-state index contributed by atoms with van der Waals surface area (Å²) in [7, 11) is 0. The van der Waals surface area contributed by atoms with Crippen molar-refractivity contribution in [1.29, 1.82) is 0 Å². The Morgan fingerprint density at radius 1 is 1.15 bits per heavy atom. The van der Waals surface area contributed by atoms with E-state index < -0.39 is 11.4 Å². The summed E-state index contributed by atoms with van der Waals surface area (Å²) in [6.07, 6.45) is 1.44. The lowest BCUT2D eigenvalue weighted by atomic mass is 9.76. The van der Waals surface area contributed by atoms with Gasteiger partial charge in [0.2, 0.25) is 0 Å². The third-order valence-corrected chi connectivity index (χ3v) is 4.13. The van der Waals surface area contributed by atoms with E-state index in [-0.39, 0.29) is 32.3 Å². The van der Waals surface area contributed by atoms with Gasteiger partial charge in [-0.3, -0.25) is 4.79 Å². The molecule has 1 fully saturated rings. The first-order valence-electron chi connectivity index (χ1n) is 6.99. The van der Waals surface area contributed by atoms with Crippen LogP contribution in [0.5, 0.6) is 0 Å². The highest BCUT2D eigenvalue weighted by Crippen LogP contribution is 2.35. The van der Waals surface area contributed by atoms with Crippen molar-refractivity contribution in [2.75, 3.05) is 39.4 Å². The number of aliphatic carboxylic acids is 1. The number of urea groups is 1. The number of likely N-dealkylation sites (tertiary alicyclic amines) is 1. The zero-order valence-electron chi connectivity index (χ0n) is 11.9. The fourth-order valence-corrected chi connectivity index (χ4v) is 2.59. The molecule has 0 saturated carbocycles. The molecule has 0 aromatic heterocycles. The highest BCUT2D eigenvalue weighted by atomic mass is 16.4. The minimum absolute atomic E-state index is 0.159. The van der Waals surface area contributed by atoms with E-state index in [1.54, 1.807) is 4.90 Å². The molecule has 1 rings (SSSR count). The molecule has 0 spiro atoms. The number of rotatable bonds is 6. The Balaban J connectivity index is 2.63. The predicted molar refractivity (Wildman–Crippen MR) is 72.3 cm³/mol. The van der Waals surface area contributed by atoms with Crippen LogP contribution in [0.1, 0.15) is 26.2 Å². The Morgan fingerprint density at radius 2 is 1.65 bits per heavy atom. The van der Waals surface area contributed by atoms with Gasteiger partial charge in [0.25, 0.3) is 0 Å². The number of piperidine rings is 1. The molecule has 0 atom stereocenters. The Morgan fingerprint density at radius 3 is 2.00 bits per heavy atom. The molecule has 7 heteroatoms. The molecule has 0 aromatic rings. The number of carboxylic acids is 1. The number of carboxylic acid groups (broad SMARTS) is 1. The molecule has 0 aliphatic carbocycles. The van der Waals surface area contributed by atoms with Crippen LogP contribution in [0.25, 0.3) is 0 Å². The SMILES string of the molecule is CCC1(C(=O)O)CCN(C(=O)N(CCO)CCO)CC1. The highest BCUT2D eigenvalue weighted by Gasteiger charge is 2.41. The van der Waals surface area contributed by atoms with E-state index in [2.05, 4.69) is 0 Å². The molecule has 1 aliphatic heterocycles. The summed E-state index contributed by atoms with van der Waals surface area (Å²) >= 11 is 0. The predicted octanol–water partition coefficient (Wildman–Crippen LogP) is -0.0302. The lowest BCUT2D eigenvalue weighted by Gasteiger charge is -2.40. The van der Waals surface area contributed by atoms with Crippen LogP contribution in [0.4, 0.5) is 4.79 Å². The third-order valence-electron chi connectivity index (χ3n) is 4.13. The van der Waals surface area contributed by atoms with Crippen molar-refractivity contribution >= 4 is 12.0 Å². The van der Waals surface area contributed by atoms with Crippen LogP contribution >= 0.6 is 0 Å². The summed E-state index contributed by atoms with van der Waals surface area (Å²) in [4.78, 5) is 26.6. The third kappa shape index (κ3) is 3.61. The zero-order chi connectivity index (χ0) is 15.2. The van der Waals surface area contributed by atoms with Gasteiger partial charge in [-0.25, -0.2) is 4.79 Å². The number of hydrogen-bond donors (Lipinski definition) is 3. The average Bonchev–Trinajstić information content (AvgIpc) is 2.46. The Kier molecular flexibility index (Phi) is 6.22. The van der Waals surface area contributed by atoms with Crippen LogP contribution in [-0.2, 0) is 4.79 Å². The van der Waals surface area contributed by atoms with Crippen molar-refractivity contribution in [3.05, 3.63) is 0 Å². The zero-order valence-corrected chi connectivity index (χ0v) is 11.9. The monoisotopic (exact) mass is 288 g/mol. The summed E-state index contributed by atoms with van der Waals surface area (Å²) in [6.45, 7) is 2.68. The molecule has 20 heavy (non-hydrogen) atoms. The van der Waals surface area contributed by atoms with Crippen LogP contribution in [0.2, 0.25) is 0 Å². The summed E-state index contributed by atoms with van der Waals surface area (Å²) in [5.74, 6) is -0.797. The largest absolute Gasteiger partial charge is 0.481 e. The van der Waals surface area contributed by atoms with Crippen LogP contribution in [0, 0.1) is 5.41 Å². The molecule has 3 N–H and O–H groups in total. The van der Waals surface area contributed by atoms with Gasteiger partial charge in [-0.15, -0.1) is 0 Å². The first-order chi connectivity index (χ1) is 9.50. The second-order valence-electron chi connectivity index (χ2n) is 5.14. The number of hydrogen-bond acceptors (Lipinski definition) is 4. The van der Waals surface area contributed by atoms with Crippen LogP contribution in [0.3, 0.4) is 0 Å². The van der Waals surface area contributed by atoms with Gasteiger partial charge in [0, 0.05) is 26.2 Å². The van der Waals surface area contributed by atoms with E-state index in [0.717, 1.165) is 0 Å². The Bertz CT molecular complexity index is 334. The normalized spacial score (nSPS) is 17.9. The van der Waals surface area contributed by atoms with Gasteiger partial charge in [0.05, 0.1) is 18.6 Å². The van der Waals surface area contributed by atoms with E-state index in [1.807, 2.05) is 6.92 Å². The number of aliphatic hydroxyl groups is 2. The standard InChI is InChI=1S/C13H24N2O5/c1-2-13(11(18)19)3-5-14(6-4-13)12(20)15(7-9-16)8-10-17/h16-17H,2-10H2,1H3,(H,18,19). The molecule has 0 aromatic carbocycles. The Hall–Kier alpha value is -1.34. The minimum Gasteiger partial charge on any atom is -0.481 e. The van der Waals surface area contributed by atoms with Crippen molar-refractivity contribution in [2.45, 2.75) is 26.2 Å². The molecule has 1 saturated heterocycles. The molecule has 116 valence electrons. The number of carbonyl (C=O) groups excluding carboxylic acids is 1.